The van der Waals surface area contributed by atoms with Gasteiger partial charge in [0.25, 0.3) is 5.91 Å². The summed E-state index contributed by atoms with van der Waals surface area (Å²) in [5.41, 5.74) is 1.73. The summed E-state index contributed by atoms with van der Waals surface area (Å²) in [6, 6.07) is 8.73. The Morgan fingerprint density at radius 3 is 2.52 bits per heavy atom. The molecule has 3 amide bonds. The van der Waals surface area contributed by atoms with Crippen LogP contribution in [0.3, 0.4) is 0 Å². The van der Waals surface area contributed by atoms with Gasteiger partial charge in [-0.05, 0) is 36.8 Å². The molecular weight excluding hydrogens is 417 g/mol. The molecule has 0 saturated heterocycles. The third-order valence-electron chi connectivity index (χ3n) is 4.44. The number of urea groups is 1. The number of hydrogen-bond acceptors (Lipinski definition) is 4. The largest absolute Gasteiger partial charge is 0.497 e. The highest BCUT2D eigenvalue weighted by atomic mass is 35.5. The lowest BCUT2D eigenvalue weighted by molar-refractivity contribution is -0.113. The fourth-order valence-electron chi connectivity index (χ4n) is 3.06. The van der Waals surface area contributed by atoms with Crippen LogP contribution in [0, 0.1) is 0 Å². The Labute approximate surface area is 178 Å². The SMILES string of the molecule is COc1ccc(NC(=O)C2=C(C)NC(=O)N[C@@H]2c2ccc(Cl)cc2Cl)c(OC)c1. The van der Waals surface area contributed by atoms with Crippen LogP contribution in [0.1, 0.15) is 18.5 Å². The molecule has 7 nitrogen and oxygen atoms in total. The predicted octanol–water partition coefficient (Wildman–Crippen LogP) is 4.28. The normalized spacial score (nSPS) is 16.0. The molecule has 2 aromatic rings. The molecule has 1 atom stereocenters. The molecule has 152 valence electrons. The van der Waals surface area contributed by atoms with Crippen molar-refractivity contribution >= 4 is 40.8 Å². The first kappa shape index (κ1) is 20.8. The maximum absolute atomic E-state index is 13.2. The molecule has 1 heterocycles. The number of halogens is 2. The molecule has 2 aromatic carbocycles. The highest BCUT2D eigenvalue weighted by molar-refractivity contribution is 6.35. The van der Waals surface area contributed by atoms with E-state index in [-0.39, 0.29) is 0 Å². The van der Waals surface area contributed by atoms with E-state index in [2.05, 4.69) is 16.0 Å². The van der Waals surface area contributed by atoms with Gasteiger partial charge in [0.2, 0.25) is 0 Å². The Kier molecular flexibility index (Phi) is 6.20. The maximum atomic E-state index is 13.2. The number of nitrogens with one attached hydrogen (secondary N) is 3. The summed E-state index contributed by atoms with van der Waals surface area (Å²) < 4.78 is 10.5. The summed E-state index contributed by atoms with van der Waals surface area (Å²) >= 11 is 12.3. The van der Waals surface area contributed by atoms with Crippen LogP contribution in [-0.2, 0) is 4.79 Å². The van der Waals surface area contributed by atoms with Crippen LogP contribution in [0.4, 0.5) is 10.5 Å². The van der Waals surface area contributed by atoms with Crippen LogP contribution >= 0.6 is 23.2 Å². The van der Waals surface area contributed by atoms with Gasteiger partial charge in [-0.15, -0.1) is 0 Å². The molecule has 0 bridgehead atoms. The van der Waals surface area contributed by atoms with Crippen LogP contribution in [0.5, 0.6) is 11.5 Å². The van der Waals surface area contributed by atoms with Crippen LogP contribution in [0.25, 0.3) is 0 Å². The molecule has 0 radical (unpaired) electrons. The smallest absolute Gasteiger partial charge is 0.319 e. The van der Waals surface area contributed by atoms with Gasteiger partial charge in [0, 0.05) is 21.8 Å². The van der Waals surface area contributed by atoms with Gasteiger partial charge >= 0.3 is 6.03 Å². The lowest BCUT2D eigenvalue weighted by atomic mass is 9.94. The average Bonchev–Trinajstić information content (AvgIpc) is 2.67. The molecule has 3 rings (SSSR count). The number of carbonyl (C=O) groups excluding carboxylic acids is 2. The molecule has 0 spiro atoms. The van der Waals surface area contributed by atoms with Crippen molar-refractivity contribution in [2.45, 2.75) is 13.0 Å². The summed E-state index contributed by atoms with van der Waals surface area (Å²) in [7, 11) is 3.03. The molecule has 0 aliphatic carbocycles. The number of ether oxygens (including phenoxy) is 2. The van der Waals surface area contributed by atoms with Gasteiger partial charge in [0.1, 0.15) is 11.5 Å². The third-order valence-corrected chi connectivity index (χ3v) is 5.01. The van der Waals surface area contributed by atoms with Crippen molar-refractivity contribution in [3.05, 3.63) is 63.3 Å². The van der Waals surface area contributed by atoms with E-state index in [0.717, 1.165) is 0 Å². The van der Waals surface area contributed by atoms with Crippen molar-refractivity contribution in [1.29, 1.82) is 0 Å². The van der Waals surface area contributed by atoms with E-state index in [9.17, 15) is 9.59 Å². The van der Waals surface area contributed by atoms with Crippen molar-refractivity contribution in [3.63, 3.8) is 0 Å². The van der Waals surface area contributed by atoms with E-state index in [4.69, 9.17) is 32.7 Å². The number of methoxy groups -OCH3 is 2. The third kappa shape index (κ3) is 4.41. The van der Waals surface area contributed by atoms with Gasteiger partial charge in [0.05, 0.1) is 31.5 Å². The van der Waals surface area contributed by atoms with Crippen LogP contribution in [0.15, 0.2) is 47.7 Å². The quantitative estimate of drug-likeness (QED) is 0.653. The van der Waals surface area contributed by atoms with E-state index < -0.39 is 18.0 Å². The molecule has 29 heavy (non-hydrogen) atoms. The van der Waals surface area contributed by atoms with E-state index in [1.54, 1.807) is 43.3 Å². The predicted molar refractivity (Wildman–Crippen MR) is 112 cm³/mol. The maximum Gasteiger partial charge on any atom is 0.319 e. The first-order valence-electron chi connectivity index (χ1n) is 8.60. The molecular formula is C20H19Cl2N3O4. The van der Waals surface area contributed by atoms with Crippen molar-refractivity contribution in [2.75, 3.05) is 19.5 Å². The summed E-state index contributed by atoms with van der Waals surface area (Å²) in [6.07, 6.45) is 0. The van der Waals surface area contributed by atoms with E-state index in [1.807, 2.05) is 0 Å². The number of hydrogen-bond donors (Lipinski definition) is 3. The molecule has 0 aromatic heterocycles. The van der Waals surface area contributed by atoms with Crippen molar-refractivity contribution in [3.8, 4) is 11.5 Å². The van der Waals surface area contributed by atoms with Crippen LogP contribution in [-0.4, -0.2) is 26.2 Å². The standard InChI is InChI=1S/C20H19Cl2N3O4/c1-10-17(19(26)24-15-7-5-12(28-2)9-16(15)29-3)18(25-20(27)23-10)13-6-4-11(21)8-14(13)22/h4-9,18H,1-3H3,(H,24,26)(H2,23,25,27)/t18-/m1/s1. The van der Waals surface area contributed by atoms with Crippen LogP contribution in [0.2, 0.25) is 10.0 Å². The fraction of sp³-hybridized carbons (Fsp3) is 0.200. The topological polar surface area (TPSA) is 88.7 Å². The summed E-state index contributed by atoms with van der Waals surface area (Å²) in [5.74, 6) is 0.604. The van der Waals surface area contributed by atoms with Gasteiger partial charge in [-0.1, -0.05) is 29.3 Å². The first-order chi connectivity index (χ1) is 13.8. The molecule has 0 fully saturated rings. The second kappa shape index (κ2) is 8.63. The zero-order chi connectivity index (χ0) is 21.1. The molecule has 0 unspecified atom stereocenters. The zero-order valence-electron chi connectivity index (χ0n) is 15.9. The molecule has 1 aliphatic heterocycles. The number of anilines is 1. The lowest BCUT2D eigenvalue weighted by Gasteiger charge is -2.29. The van der Waals surface area contributed by atoms with Crippen LogP contribution < -0.4 is 25.4 Å². The number of carbonyl (C=O) groups is 2. The second-order valence-electron chi connectivity index (χ2n) is 6.26. The highest BCUT2D eigenvalue weighted by Crippen LogP contribution is 2.35. The highest BCUT2D eigenvalue weighted by Gasteiger charge is 2.32. The minimum Gasteiger partial charge on any atom is -0.497 e. The Hall–Kier alpha value is -2.90. The molecule has 3 N–H and O–H groups in total. The molecule has 1 aliphatic rings. The number of rotatable bonds is 5. The van der Waals surface area contributed by atoms with Gasteiger partial charge < -0.3 is 25.4 Å². The Bertz CT molecular complexity index is 1010. The minimum atomic E-state index is -0.752. The second-order valence-corrected chi connectivity index (χ2v) is 7.10. The summed E-state index contributed by atoms with van der Waals surface area (Å²) in [5, 5.41) is 8.97. The average molecular weight is 436 g/mol. The molecule has 0 saturated carbocycles. The Morgan fingerprint density at radius 2 is 1.86 bits per heavy atom. The lowest BCUT2D eigenvalue weighted by Crippen LogP contribution is -2.46. The Morgan fingerprint density at radius 1 is 1.10 bits per heavy atom. The monoisotopic (exact) mass is 435 g/mol. The minimum absolute atomic E-state index is 0.312. The number of allylic oxidation sites excluding steroid dienone is 1. The van der Waals surface area contributed by atoms with E-state index in [0.29, 0.717) is 44.1 Å². The fourth-order valence-corrected chi connectivity index (χ4v) is 3.57. The van der Waals surface area contributed by atoms with Gasteiger partial charge in [0.15, 0.2) is 0 Å². The summed E-state index contributed by atoms with van der Waals surface area (Å²) in [4.78, 5) is 25.2. The van der Waals surface area contributed by atoms with Gasteiger partial charge in [-0.3, -0.25) is 4.79 Å². The summed E-state index contributed by atoms with van der Waals surface area (Å²) in [6.45, 7) is 1.65. The number of benzene rings is 2. The van der Waals surface area contributed by atoms with Gasteiger partial charge in [-0.25, -0.2) is 4.79 Å². The number of amides is 3. The first-order valence-corrected chi connectivity index (χ1v) is 9.36. The zero-order valence-corrected chi connectivity index (χ0v) is 17.4. The van der Waals surface area contributed by atoms with Crippen molar-refractivity contribution < 1.29 is 19.1 Å². The van der Waals surface area contributed by atoms with E-state index >= 15 is 0 Å². The van der Waals surface area contributed by atoms with Crippen molar-refractivity contribution in [2.24, 2.45) is 0 Å². The van der Waals surface area contributed by atoms with Crippen molar-refractivity contribution in [1.82, 2.24) is 10.6 Å². The molecule has 9 heteroatoms. The van der Waals surface area contributed by atoms with Gasteiger partial charge in [-0.2, -0.15) is 0 Å². The Balaban J connectivity index is 1.98. The van der Waals surface area contributed by atoms with E-state index in [1.165, 1.54) is 14.2 Å².